The van der Waals surface area contributed by atoms with Crippen molar-refractivity contribution in [1.82, 2.24) is 15.6 Å². The van der Waals surface area contributed by atoms with Crippen molar-refractivity contribution in [2.24, 2.45) is 0 Å². The van der Waals surface area contributed by atoms with Crippen LogP contribution in [0.5, 0.6) is 5.75 Å². The highest BCUT2D eigenvalue weighted by Gasteiger charge is 2.28. The van der Waals surface area contributed by atoms with Gasteiger partial charge in [-0.3, -0.25) is 9.78 Å². The van der Waals surface area contributed by atoms with Gasteiger partial charge in [0.15, 0.2) is 0 Å². The van der Waals surface area contributed by atoms with E-state index >= 15 is 0 Å². The molecular weight excluding hydrogens is 488 g/mol. The predicted molar refractivity (Wildman–Crippen MR) is 139 cm³/mol. The quantitative estimate of drug-likeness (QED) is 0.459. The lowest BCUT2D eigenvalue weighted by Gasteiger charge is -2.28. The number of aromatic nitrogens is 1. The Bertz CT molecular complexity index is 1120. The monoisotopic (exact) mass is 516 g/mol. The SMILES string of the molecule is Cc1c(Cl)cccc1NC(=S)C1=C(NCc2ccncc2OCC2COCCO2)C[C@@H](C)NC1=O. The summed E-state index contributed by atoms with van der Waals surface area (Å²) in [6, 6.07) is 7.40. The van der Waals surface area contributed by atoms with Crippen molar-refractivity contribution in [3.63, 3.8) is 0 Å². The van der Waals surface area contributed by atoms with Gasteiger partial charge in [0.2, 0.25) is 0 Å². The van der Waals surface area contributed by atoms with E-state index in [1.54, 1.807) is 12.4 Å². The number of hydrogen-bond acceptors (Lipinski definition) is 7. The van der Waals surface area contributed by atoms with Gasteiger partial charge in [-0.05, 0) is 37.6 Å². The van der Waals surface area contributed by atoms with Crippen molar-refractivity contribution >= 4 is 40.4 Å². The first-order valence-electron chi connectivity index (χ1n) is 11.5. The highest BCUT2D eigenvalue weighted by atomic mass is 35.5. The number of hydrogen-bond donors (Lipinski definition) is 3. The highest BCUT2D eigenvalue weighted by molar-refractivity contribution is 7.81. The van der Waals surface area contributed by atoms with Crippen LogP contribution in [0.4, 0.5) is 5.69 Å². The van der Waals surface area contributed by atoms with Crippen LogP contribution >= 0.6 is 23.8 Å². The number of benzene rings is 1. The fraction of sp³-hybridized carbons (Fsp3) is 0.400. The molecule has 2 atom stereocenters. The van der Waals surface area contributed by atoms with E-state index in [9.17, 15) is 4.79 Å². The summed E-state index contributed by atoms with van der Waals surface area (Å²) in [6.45, 7) is 6.36. The van der Waals surface area contributed by atoms with Gasteiger partial charge in [-0.2, -0.15) is 0 Å². The zero-order valence-corrected chi connectivity index (χ0v) is 21.3. The molecule has 0 radical (unpaired) electrons. The summed E-state index contributed by atoms with van der Waals surface area (Å²) in [7, 11) is 0. The van der Waals surface area contributed by atoms with Crippen molar-refractivity contribution in [1.29, 1.82) is 0 Å². The van der Waals surface area contributed by atoms with Gasteiger partial charge in [-0.15, -0.1) is 0 Å². The minimum atomic E-state index is -0.218. The molecule has 3 heterocycles. The second-order valence-corrected chi connectivity index (χ2v) is 9.33. The molecule has 2 aliphatic rings. The standard InChI is InChI=1S/C25H29ClN4O4S/c1-15-10-21(23(24(31)29-15)25(35)30-20-5-3-4-19(26)16(20)2)28-11-17-6-7-27-12-22(17)34-14-18-13-32-8-9-33-18/h3-7,12,15,18,28H,8-11,13-14H2,1-2H3,(H,29,31)(H,30,35)/t15-,18?/m1/s1. The summed E-state index contributed by atoms with van der Waals surface area (Å²) in [6.07, 6.45) is 3.90. The summed E-state index contributed by atoms with van der Waals surface area (Å²) in [5.74, 6) is 0.434. The van der Waals surface area contributed by atoms with Crippen LogP contribution in [0.1, 0.15) is 24.5 Å². The van der Waals surface area contributed by atoms with Gasteiger partial charge in [0.25, 0.3) is 5.91 Å². The normalized spacial score (nSPS) is 20.3. The Morgan fingerprint density at radius 3 is 3.00 bits per heavy atom. The smallest absolute Gasteiger partial charge is 0.256 e. The molecule has 0 aliphatic carbocycles. The van der Waals surface area contributed by atoms with E-state index in [0.29, 0.717) is 60.7 Å². The van der Waals surface area contributed by atoms with Crippen molar-refractivity contribution < 1.29 is 19.0 Å². The predicted octanol–water partition coefficient (Wildman–Crippen LogP) is 3.53. The lowest BCUT2D eigenvalue weighted by Crippen LogP contribution is -2.44. The van der Waals surface area contributed by atoms with Crippen LogP contribution in [0.3, 0.4) is 0 Å². The Labute approximate surface area is 215 Å². The Balaban J connectivity index is 1.49. The molecule has 1 fully saturated rings. The molecule has 1 saturated heterocycles. The van der Waals surface area contributed by atoms with Gasteiger partial charge in [0, 0.05) is 47.2 Å². The summed E-state index contributed by atoms with van der Waals surface area (Å²) < 4.78 is 17.1. The molecule has 1 aromatic carbocycles. The van der Waals surface area contributed by atoms with Crippen LogP contribution in [0.2, 0.25) is 5.02 Å². The molecule has 0 saturated carbocycles. The maximum atomic E-state index is 12.9. The van der Waals surface area contributed by atoms with Crippen molar-refractivity contribution in [2.45, 2.75) is 39.0 Å². The fourth-order valence-corrected chi connectivity index (χ4v) is 4.42. The van der Waals surface area contributed by atoms with Gasteiger partial charge in [0.1, 0.15) is 23.4 Å². The summed E-state index contributed by atoms with van der Waals surface area (Å²) >= 11 is 11.9. The van der Waals surface area contributed by atoms with E-state index in [1.807, 2.05) is 38.1 Å². The number of carbonyl (C=O) groups is 1. The number of nitrogens with zero attached hydrogens (tertiary/aromatic N) is 1. The molecule has 0 spiro atoms. The number of halogens is 1. The second-order valence-electron chi connectivity index (χ2n) is 8.51. The number of thiocarbonyl (C=S) groups is 1. The number of rotatable bonds is 8. The van der Waals surface area contributed by atoms with E-state index in [-0.39, 0.29) is 18.1 Å². The highest BCUT2D eigenvalue weighted by Crippen LogP contribution is 2.26. The molecule has 4 rings (SSSR count). The molecule has 35 heavy (non-hydrogen) atoms. The Hall–Kier alpha value is -2.72. The molecular formula is C25H29ClN4O4S. The average Bonchev–Trinajstić information content (AvgIpc) is 2.85. The molecule has 2 aliphatic heterocycles. The van der Waals surface area contributed by atoms with Crippen LogP contribution in [-0.4, -0.2) is 54.5 Å². The largest absolute Gasteiger partial charge is 0.489 e. The first-order chi connectivity index (χ1) is 16.9. The molecule has 186 valence electrons. The molecule has 10 heteroatoms. The number of amides is 1. The van der Waals surface area contributed by atoms with Crippen LogP contribution in [-0.2, 0) is 20.8 Å². The maximum absolute atomic E-state index is 12.9. The lowest BCUT2D eigenvalue weighted by molar-refractivity contribution is -0.118. The van der Waals surface area contributed by atoms with Crippen LogP contribution in [0.25, 0.3) is 0 Å². The minimum absolute atomic E-state index is 0.0268. The second kappa shape index (κ2) is 11.8. The Morgan fingerprint density at radius 2 is 2.20 bits per heavy atom. The zero-order chi connectivity index (χ0) is 24.8. The van der Waals surface area contributed by atoms with E-state index in [0.717, 1.165) is 22.5 Å². The number of anilines is 1. The van der Waals surface area contributed by atoms with E-state index in [2.05, 4.69) is 20.9 Å². The van der Waals surface area contributed by atoms with Gasteiger partial charge in [-0.25, -0.2) is 0 Å². The minimum Gasteiger partial charge on any atom is -0.489 e. The topological polar surface area (TPSA) is 93.7 Å². The molecule has 1 aromatic heterocycles. The molecule has 8 nitrogen and oxygen atoms in total. The molecule has 3 N–H and O–H groups in total. The van der Waals surface area contributed by atoms with Crippen LogP contribution in [0.15, 0.2) is 47.9 Å². The summed E-state index contributed by atoms with van der Waals surface area (Å²) in [5.41, 5.74) is 3.72. The van der Waals surface area contributed by atoms with Crippen LogP contribution < -0.4 is 20.7 Å². The fourth-order valence-electron chi connectivity index (χ4n) is 3.92. The van der Waals surface area contributed by atoms with Crippen LogP contribution in [0, 0.1) is 6.92 Å². The van der Waals surface area contributed by atoms with E-state index in [1.165, 1.54) is 0 Å². The first kappa shape index (κ1) is 25.4. The maximum Gasteiger partial charge on any atom is 0.256 e. The molecule has 0 bridgehead atoms. The molecule has 1 amide bonds. The lowest BCUT2D eigenvalue weighted by atomic mass is 10.0. The Kier molecular flexibility index (Phi) is 8.56. The first-order valence-corrected chi connectivity index (χ1v) is 12.3. The third-order valence-corrected chi connectivity index (χ3v) is 6.55. The van der Waals surface area contributed by atoms with Gasteiger partial charge < -0.3 is 30.2 Å². The van der Waals surface area contributed by atoms with Gasteiger partial charge >= 0.3 is 0 Å². The van der Waals surface area contributed by atoms with Crippen molar-refractivity contribution in [3.05, 3.63) is 64.1 Å². The Morgan fingerprint density at radius 1 is 1.34 bits per heavy atom. The number of pyridine rings is 1. The number of nitrogens with one attached hydrogen (secondary N) is 3. The van der Waals surface area contributed by atoms with Gasteiger partial charge in [-0.1, -0.05) is 29.9 Å². The van der Waals surface area contributed by atoms with Gasteiger partial charge in [0.05, 0.1) is 31.6 Å². The number of carbonyl (C=O) groups excluding carboxylic acids is 1. The van der Waals surface area contributed by atoms with Crippen molar-refractivity contribution in [3.8, 4) is 5.75 Å². The molecule has 2 aromatic rings. The molecule has 1 unspecified atom stereocenters. The number of ether oxygens (including phenoxy) is 3. The van der Waals surface area contributed by atoms with Crippen molar-refractivity contribution in [2.75, 3.05) is 31.7 Å². The van der Waals surface area contributed by atoms with E-state index < -0.39 is 0 Å². The summed E-state index contributed by atoms with van der Waals surface area (Å²) in [5, 5.41) is 10.2. The third kappa shape index (κ3) is 6.49. The van der Waals surface area contributed by atoms with E-state index in [4.69, 9.17) is 38.0 Å². The third-order valence-electron chi connectivity index (χ3n) is 5.83. The zero-order valence-electron chi connectivity index (χ0n) is 19.7. The average molecular weight is 517 g/mol. The summed E-state index contributed by atoms with van der Waals surface area (Å²) in [4.78, 5) is 17.5.